The van der Waals surface area contributed by atoms with Gasteiger partial charge in [0.25, 0.3) is 11.5 Å². The third-order valence-electron chi connectivity index (χ3n) is 6.89. The third kappa shape index (κ3) is 4.32. The smallest absolute Gasteiger partial charge is 0.269 e. The number of fused-ring (bicyclic) bond motifs is 1. The number of halogens is 1. The Hall–Kier alpha value is -3.33. The fourth-order valence-corrected chi connectivity index (χ4v) is 5.05. The molecule has 2 saturated heterocycles. The van der Waals surface area contributed by atoms with Gasteiger partial charge in [0.05, 0.1) is 29.0 Å². The average Bonchev–Trinajstić information content (AvgIpc) is 3.34. The highest BCUT2D eigenvalue weighted by Crippen LogP contribution is 2.31. The third-order valence-corrected chi connectivity index (χ3v) is 6.89. The highest BCUT2D eigenvalue weighted by atomic mass is 19.1. The Morgan fingerprint density at radius 1 is 1.12 bits per heavy atom. The van der Waals surface area contributed by atoms with E-state index in [0.717, 1.165) is 63.0 Å². The molecule has 9 heteroatoms. The van der Waals surface area contributed by atoms with Crippen molar-refractivity contribution in [2.45, 2.75) is 31.2 Å². The van der Waals surface area contributed by atoms with Crippen molar-refractivity contribution < 1.29 is 9.18 Å². The number of piperidine rings is 1. The Labute approximate surface area is 190 Å². The number of anilines is 1. The summed E-state index contributed by atoms with van der Waals surface area (Å²) in [5.74, 6) is -0.440. The predicted molar refractivity (Wildman–Crippen MR) is 124 cm³/mol. The minimum atomic E-state index is -0.502. The lowest BCUT2D eigenvalue weighted by Gasteiger charge is -2.37. The van der Waals surface area contributed by atoms with E-state index in [4.69, 9.17) is 0 Å². The van der Waals surface area contributed by atoms with Crippen LogP contribution in [0.25, 0.3) is 10.9 Å². The van der Waals surface area contributed by atoms with Crippen molar-refractivity contribution in [2.24, 2.45) is 0 Å². The van der Waals surface area contributed by atoms with Crippen molar-refractivity contribution in [2.75, 3.05) is 38.1 Å². The van der Waals surface area contributed by atoms with Gasteiger partial charge in [0.15, 0.2) is 0 Å². The van der Waals surface area contributed by atoms with E-state index < -0.39 is 5.82 Å². The summed E-state index contributed by atoms with van der Waals surface area (Å²) in [6.45, 7) is 3.77. The average molecular weight is 451 g/mol. The summed E-state index contributed by atoms with van der Waals surface area (Å²) >= 11 is 0. The van der Waals surface area contributed by atoms with Crippen molar-refractivity contribution in [3.05, 3.63) is 64.2 Å². The largest absolute Gasteiger partial charge is 0.370 e. The second-order valence-corrected chi connectivity index (χ2v) is 8.82. The van der Waals surface area contributed by atoms with Gasteiger partial charge in [0.2, 0.25) is 0 Å². The molecule has 5 heterocycles. The van der Waals surface area contributed by atoms with Crippen LogP contribution in [0.15, 0.2) is 41.5 Å². The lowest BCUT2D eigenvalue weighted by molar-refractivity contribution is 0.0958. The van der Waals surface area contributed by atoms with Crippen molar-refractivity contribution in [1.82, 2.24) is 25.2 Å². The molecule has 1 unspecified atom stereocenters. The lowest BCUT2D eigenvalue weighted by atomic mass is 10.0. The van der Waals surface area contributed by atoms with E-state index in [1.807, 2.05) is 12.1 Å². The zero-order chi connectivity index (χ0) is 22.9. The monoisotopic (exact) mass is 450 g/mol. The van der Waals surface area contributed by atoms with Crippen LogP contribution in [-0.2, 0) is 0 Å². The van der Waals surface area contributed by atoms with Gasteiger partial charge in [-0.25, -0.2) is 9.37 Å². The van der Waals surface area contributed by atoms with Crippen molar-refractivity contribution >= 4 is 22.5 Å². The first-order valence-corrected chi connectivity index (χ1v) is 11.4. The van der Waals surface area contributed by atoms with Gasteiger partial charge in [-0.2, -0.15) is 0 Å². The number of aromatic amines is 1. The summed E-state index contributed by atoms with van der Waals surface area (Å²) in [6, 6.07) is 7.35. The van der Waals surface area contributed by atoms with Crippen LogP contribution < -0.4 is 15.8 Å². The van der Waals surface area contributed by atoms with E-state index in [9.17, 15) is 14.0 Å². The number of likely N-dealkylation sites (tertiary alicyclic amines) is 1. The first-order chi connectivity index (χ1) is 16.0. The molecule has 1 atom stereocenters. The molecule has 33 heavy (non-hydrogen) atoms. The number of nitrogens with one attached hydrogen (secondary N) is 2. The van der Waals surface area contributed by atoms with Crippen molar-refractivity contribution in [3.63, 3.8) is 0 Å². The fraction of sp³-hybridized carbons (Fsp3) is 0.417. The molecule has 0 bridgehead atoms. The molecule has 0 aliphatic carbocycles. The zero-order valence-electron chi connectivity index (χ0n) is 18.6. The lowest BCUT2D eigenvalue weighted by Crippen LogP contribution is -2.44. The Morgan fingerprint density at radius 3 is 2.67 bits per heavy atom. The Bertz CT molecular complexity index is 1220. The molecule has 2 N–H and O–H groups in total. The molecular weight excluding hydrogens is 423 g/mol. The summed E-state index contributed by atoms with van der Waals surface area (Å²) < 4.78 is 13.4. The molecule has 0 radical (unpaired) electrons. The first-order valence-electron chi connectivity index (χ1n) is 11.4. The standard InChI is InChI=1S/C24H27FN6O2/c1-26-24(33)20-3-2-18(13-28-20)30-8-5-17(6-9-30)31-7-4-15(14-31)21-11-22-19(23(32)29-21)10-16(25)12-27-22/h2-3,10-13,15,17H,4-9,14H2,1H3,(H,26,33)(H,29,32). The number of hydrogen-bond acceptors (Lipinski definition) is 6. The second kappa shape index (κ2) is 8.90. The van der Waals surface area contributed by atoms with Crippen LogP contribution in [0.5, 0.6) is 0 Å². The Kier molecular flexibility index (Phi) is 5.80. The zero-order valence-corrected chi connectivity index (χ0v) is 18.6. The van der Waals surface area contributed by atoms with Crippen LogP contribution in [0, 0.1) is 5.82 Å². The molecule has 3 aromatic heterocycles. The quantitative estimate of drug-likeness (QED) is 0.633. The summed E-state index contributed by atoms with van der Waals surface area (Å²) in [6.07, 6.45) is 6.01. The number of nitrogens with zero attached hydrogens (tertiary/aromatic N) is 4. The number of aromatic nitrogens is 3. The Balaban J connectivity index is 1.21. The molecule has 1 amide bonds. The fourth-order valence-electron chi connectivity index (χ4n) is 5.05. The number of pyridine rings is 3. The van der Waals surface area contributed by atoms with Crippen LogP contribution in [-0.4, -0.2) is 65.0 Å². The maximum Gasteiger partial charge on any atom is 0.269 e. The number of H-pyrrole nitrogens is 1. The summed E-state index contributed by atoms with van der Waals surface area (Å²) in [7, 11) is 1.60. The van der Waals surface area contributed by atoms with Crippen molar-refractivity contribution in [3.8, 4) is 0 Å². The van der Waals surface area contributed by atoms with E-state index in [2.05, 4.69) is 30.1 Å². The summed E-state index contributed by atoms with van der Waals surface area (Å²) in [5.41, 5.74) is 2.61. The van der Waals surface area contributed by atoms with Gasteiger partial charge in [0.1, 0.15) is 11.5 Å². The summed E-state index contributed by atoms with van der Waals surface area (Å²) in [4.78, 5) is 40.3. The minimum absolute atomic E-state index is 0.181. The number of amides is 1. The van der Waals surface area contributed by atoms with E-state index in [1.54, 1.807) is 19.3 Å². The van der Waals surface area contributed by atoms with Gasteiger partial charge < -0.3 is 15.2 Å². The Morgan fingerprint density at radius 2 is 1.94 bits per heavy atom. The molecule has 0 spiro atoms. The van der Waals surface area contributed by atoms with Gasteiger partial charge in [-0.3, -0.25) is 19.5 Å². The molecule has 0 saturated carbocycles. The number of carbonyl (C=O) groups excluding carboxylic acids is 1. The normalized spacial score (nSPS) is 19.8. The number of hydrogen-bond donors (Lipinski definition) is 2. The van der Waals surface area contributed by atoms with Crippen LogP contribution >= 0.6 is 0 Å². The maximum absolute atomic E-state index is 13.4. The van der Waals surface area contributed by atoms with Crippen LogP contribution in [0.4, 0.5) is 10.1 Å². The van der Waals surface area contributed by atoms with Gasteiger partial charge >= 0.3 is 0 Å². The maximum atomic E-state index is 13.4. The molecule has 5 rings (SSSR count). The van der Waals surface area contributed by atoms with Gasteiger partial charge in [-0.05, 0) is 50.1 Å². The second-order valence-electron chi connectivity index (χ2n) is 8.82. The van der Waals surface area contributed by atoms with Crippen LogP contribution in [0.1, 0.15) is 41.4 Å². The van der Waals surface area contributed by atoms with Crippen molar-refractivity contribution in [1.29, 1.82) is 0 Å². The van der Waals surface area contributed by atoms with E-state index in [-0.39, 0.29) is 17.4 Å². The molecule has 2 aliphatic rings. The molecule has 2 fully saturated rings. The van der Waals surface area contributed by atoms with Gasteiger partial charge in [-0.15, -0.1) is 0 Å². The number of rotatable bonds is 4. The molecule has 2 aliphatic heterocycles. The molecule has 3 aromatic rings. The SMILES string of the molecule is CNC(=O)c1ccc(N2CCC(N3CCC(c4cc5ncc(F)cc5c(=O)[nH]4)C3)CC2)cn1. The first kappa shape index (κ1) is 21.5. The highest BCUT2D eigenvalue weighted by Gasteiger charge is 2.32. The van der Waals surface area contributed by atoms with Crippen LogP contribution in [0.3, 0.4) is 0 Å². The molecular formula is C24H27FN6O2. The van der Waals surface area contributed by atoms with Crippen LogP contribution in [0.2, 0.25) is 0 Å². The molecule has 172 valence electrons. The van der Waals surface area contributed by atoms with Gasteiger partial charge in [0, 0.05) is 44.3 Å². The van der Waals surface area contributed by atoms with E-state index >= 15 is 0 Å². The predicted octanol–water partition coefficient (Wildman–Crippen LogP) is 2.28. The van der Waals surface area contributed by atoms with E-state index in [0.29, 0.717) is 22.6 Å². The highest BCUT2D eigenvalue weighted by molar-refractivity contribution is 5.92. The van der Waals surface area contributed by atoms with E-state index in [1.165, 1.54) is 6.07 Å². The number of carbonyl (C=O) groups is 1. The topological polar surface area (TPSA) is 94.2 Å². The summed E-state index contributed by atoms with van der Waals surface area (Å²) in [5, 5.41) is 2.88. The molecule has 0 aromatic carbocycles. The molecule has 8 nitrogen and oxygen atoms in total. The minimum Gasteiger partial charge on any atom is -0.370 e. The van der Waals surface area contributed by atoms with Gasteiger partial charge in [-0.1, -0.05) is 0 Å².